The number of carbonyl (C=O) groups excluding carboxylic acids is 1. The van der Waals surface area contributed by atoms with Gasteiger partial charge in [0.15, 0.2) is 5.82 Å². The van der Waals surface area contributed by atoms with Crippen LogP contribution in [0.5, 0.6) is 0 Å². The number of benzene rings is 1. The standard InChI is InChI=1S/C12H11N3O2/c16-12(13-11-6-8-17-14-11)15-7-5-9-3-1-2-4-10(9)15/h1-4,6,8H,5,7H2,(H,13,14,16). The van der Waals surface area contributed by atoms with Crippen molar-refractivity contribution in [2.45, 2.75) is 6.42 Å². The van der Waals surface area contributed by atoms with Crippen molar-refractivity contribution in [3.63, 3.8) is 0 Å². The lowest BCUT2D eigenvalue weighted by atomic mass is 10.2. The van der Waals surface area contributed by atoms with Crippen molar-refractivity contribution in [1.82, 2.24) is 5.16 Å². The largest absolute Gasteiger partial charge is 0.363 e. The van der Waals surface area contributed by atoms with Crippen molar-refractivity contribution >= 4 is 17.5 Å². The Labute approximate surface area is 98.0 Å². The van der Waals surface area contributed by atoms with Crippen LogP contribution < -0.4 is 10.2 Å². The summed E-state index contributed by atoms with van der Waals surface area (Å²) in [5, 5.41) is 6.34. The van der Waals surface area contributed by atoms with E-state index in [-0.39, 0.29) is 6.03 Å². The summed E-state index contributed by atoms with van der Waals surface area (Å²) in [6.45, 7) is 0.697. The van der Waals surface area contributed by atoms with E-state index in [1.54, 1.807) is 11.0 Å². The molecule has 5 heteroatoms. The van der Waals surface area contributed by atoms with Crippen molar-refractivity contribution in [2.75, 3.05) is 16.8 Å². The van der Waals surface area contributed by atoms with Gasteiger partial charge in [-0.25, -0.2) is 4.79 Å². The molecule has 0 spiro atoms. The van der Waals surface area contributed by atoms with E-state index in [2.05, 4.69) is 15.0 Å². The molecule has 86 valence electrons. The van der Waals surface area contributed by atoms with Gasteiger partial charge in [-0.05, 0) is 18.1 Å². The van der Waals surface area contributed by atoms with Crippen LogP contribution in [-0.2, 0) is 6.42 Å². The summed E-state index contributed by atoms with van der Waals surface area (Å²) in [6.07, 6.45) is 2.32. The number of fused-ring (bicyclic) bond motifs is 1. The molecule has 1 aromatic heterocycles. The summed E-state index contributed by atoms with van der Waals surface area (Å²) < 4.78 is 4.66. The molecule has 0 fully saturated rings. The fourth-order valence-electron chi connectivity index (χ4n) is 2.00. The Morgan fingerprint density at radius 2 is 2.24 bits per heavy atom. The summed E-state index contributed by atoms with van der Waals surface area (Å²) in [5.74, 6) is 0.430. The molecule has 1 N–H and O–H groups in total. The molecule has 1 aromatic carbocycles. The average molecular weight is 229 g/mol. The summed E-state index contributed by atoms with van der Waals surface area (Å²) in [5.41, 5.74) is 2.16. The van der Waals surface area contributed by atoms with Crippen LogP contribution in [0.4, 0.5) is 16.3 Å². The minimum absolute atomic E-state index is 0.177. The van der Waals surface area contributed by atoms with Gasteiger partial charge in [0.1, 0.15) is 6.26 Å². The number of amides is 2. The van der Waals surface area contributed by atoms with Crippen LogP contribution in [0.15, 0.2) is 41.1 Å². The zero-order chi connectivity index (χ0) is 11.7. The Morgan fingerprint density at radius 3 is 3.06 bits per heavy atom. The van der Waals surface area contributed by atoms with E-state index in [4.69, 9.17) is 0 Å². The Hall–Kier alpha value is -2.30. The van der Waals surface area contributed by atoms with E-state index in [1.165, 1.54) is 11.8 Å². The van der Waals surface area contributed by atoms with Crippen LogP contribution in [0.1, 0.15) is 5.56 Å². The Balaban J connectivity index is 1.80. The lowest BCUT2D eigenvalue weighted by molar-refractivity contribution is 0.257. The number of para-hydroxylation sites is 1. The van der Waals surface area contributed by atoms with Gasteiger partial charge in [0.2, 0.25) is 0 Å². The summed E-state index contributed by atoms with van der Waals surface area (Å²) >= 11 is 0. The minimum atomic E-state index is -0.177. The third kappa shape index (κ3) is 1.75. The van der Waals surface area contributed by atoms with Gasteiger partial charge in [-0.15, -0.1) is 0 Å². The number of aromatic nitrogens is 1. The number of carbonyl (C=O) groups is 1. The number of hydrogen-bond donors (Lipinski definition) is 1. The second-order valence-electron chi connectivity index (χ2n) is 3.85. The first-order chi connectivity index (χ1) is 8.34. The van der Waals surface area contributed by atoms with Gasteiger partial charge in [-0.3, -0.25) is 10.2 Å². The molecule has 5 nitrogen and oxygen atoms in total. The van der Waals surface area contributed by atoms with E-state index < -0.39 is 0 Å². The van der Waals surface area contributed by atoms with Crippen LogP contribution >= 0.6 is 0 Å². The van der Waals surface area contributed by atoms with Gasteiger partial charge >= 0.3 is 6.03 Å². The maximum atomic E-state index is 12.0. The average Bonchev–Trinajstić information content (AvgIpc) is 2.96. The van der Waals surface area contributed by atoms with E-state index in [1.807, 2.05) is 24.3 Å². The van der Waals surface area contributed by atoms with Gasteiger partial charge in [-0.1, -0.05) is 23.4 Å². The third-order valence-electron chi connectivity index (χ3n) is 2.81. The minimum Gasteiger partial charge on any atom is -0.363 e. The van der Waals surface area contributed by atoms with Crippen LogP contribution in [0.3, 0.4) is 0 Å². The molecule has 1 aliphatic heterocycles. The van der Waals surface area contributed by atoms with Gasteiger partial charge < -0.3 is 4.52 Å². The second kappa shape index (κ2) is 3.93. The highest BCUT2D eigenvalue weighted by molar-refractivity contribution is 6.02. The first-order valence-electron chi connectivity index (χ1n) is 5.41. The van der Waals surface area contributed by atoms with E-state index in [9.17, 15) is 4.79 Å². The SMILES string of the molecule is O=C(Nc1ccon1)N1CCc2ccccc21. The predicted octanol–water partition coefficient (Wildman–Crippen LogP) is 2.27. The molecule has 3 rings (SSSR count). The molecule has 0 bridgehead atoms. The van der Waals surface area contributed by atoms with Crippen LogP contribution in [0.25, 0.3) is 0 Å². The highest BCUT2D eigenvalue weighted by atomic mass is 16.5. The molecule has 0 unspecified atom stereocenters. The van der Waals surface area contributed by atoms with E-state index in [0.29, 0.717) is 12.4 Å². The van der Waals surface area contributed by atoms with Crippen LogP contribution in [-0.4, -0.2) is 17.7 Å². The highest BCUT2D eigenvalue weighted by Crippen LogP contribution is 2.27. The Bertz CT molecular complexity index is 536. The molecule has 0 atom stereocenters. The molecular weight excluding hydrogens is 218 g/mol. The van der Waals surface area contributed by atoms with Crippen LogP contribution in [0, 0.1) is 0 Å². The molecule has 2 aromatic rings. The van der Waals surface area contributed by atoms with Gasteiger partial charge in [0, 0.05) is 18.3 Å². The Morgan fingerprint density at radius 1 is 1.35 bits per heavy atom. The maximum Gasteiger partial charge on any atom is 0.327 e. The molecule has 0 aliphatic carbocycles. The molecule has 0 saturated carbocycles. The van der Waals surface area contributed by atoms with E-state index >= 15 is 0 Å². The maximum absolute atomic E-state index is 12.0. The van der Waals surface area contributed by atoms with Crippen LogP contribution in [0.2, 0.25) is 0 Å². The monoisotopic (exact) mass is 229 g/mol. The number of nitrogens with zero attached hydrogens (tertiary/aromatic N) is 2. The van der Waals surface area contributed by atoms with Crippen molar-refractivity contribution in [2.24, 2.45) is 0 Å². The number of urea groups is 1. The third-order valence-corrected chi connectivity index (χ3v) is 2.81. The molecular formula is C12H11N3O2. The summed E-state index contributed by atoms with van der Waals surface area (Å²) in [7, 11) is 0. The molecule has 0 radical (unpaired) electrons. The van der Waals surface area contributed by atoms with Crippen molar-refractivity contribution in [3.8, 4) is 0 Å². The smallest absolute Gasteiger partial charge is 0.327 e. The number of anilines is 2. The van der Waals surface area contributed by atoms with Gasteiger partial charge in [-0.2, -0.15) is 0 Å². The number of hydrogen-bond acceptors (Lipinski definition) is 3. The zero-order valence-electron chi connectivity index (χ0n) is 9.09. The fourth-order valence-corrected chi connectivity index (χ4v) is 2.00. The van der Waals surface area contributed by atoms with Crippen molar-refractivity contribution in [1.29, 1.82) is 0 Å². The predicted molar refractivity (Wildman–Crippen MR) is 63.0 cm³/mol. The van der Waals surface area contributed by atoms with Crippen molar-refractivity contribution < 1.29 is 9.32 Å². The molecule has 1 aliphatic rings. The van der Waals surface area contributed by atoms with Gasteiger partial charge in [0.25, 0.3) is 0 Å². The zero-order valence-corrected chi connectivity index (χ0v) is 9.09. The molecule has 17 heavy (non-hydrogen) atoms. The normalized spacial score (nSPS) is 13.5. The van der Waals surface area contributed by atoms with Crippen molar-refractivity contribution in [3.05, 3.63) is 42.2 Å². The summed E-state index contributed by atoms with van der Waals surface area (Å²) in [6, 6.07) is 9.34. The van der Waals surface area contributed by atoms with E-state index in [0.717, 1.165) is 12.1 Å². The highest BCUT2D eigenvalue weighted by Gasteiger charge is 2.24. The van der Waals surface area contributed by atoms with Gasteiger partial charge in [0.05, 0.1) is 0 Å². The fraction of sp³-hybridized carbons (Fsp3) is 0.167. The lowest BCUT2D eigenvalue weighted by Gasteiger charge is -2.16. The molecule has 0 saturated heterocycles. The number of rotatable bonds is 1. The first kappa shape index (κ1) is 9.89. The molecule has 2 heterocycles. The topological polar surface area (TPSA) is 58.4 Å². The second-order valence-corrected chi connectivity index (χ2v) is 3.85. The molecule has 2 amide bonds. The quantitative estimate of drug-likeness (QED) is 0.816. The lowest BCUT2D eigenvalue weighted by Crippen LogP contribution is -2.33. The summed E-state index contributed by atoms with van der Waals surface area (Å²) in [4.78, 5) is 13.7. The first-order valence-corrected chi connectivity index (χ1v) is 5.41. The Kier molecular flexibility index (Phi) is 2.29. The number of nitrogens with one attached hydrogen (secondary N) is 1.